The second-order valence-electron chi connectivity index (χ2n) is 4.65. The molecule has 0 amide bonds. The molecule has 0 aliphatic carbocycles. The Balaban J connectivity index is 3.11. The summed E-state index contributed by atoms with van der Waals surface area (Å²) in [6.45, 7) is 6.61. The normalized spacial score (nSPS) is 12.3. The molecule has 0 aliphatic heterocycles. The van der Waals surface area contributed by atoms with Gasteiger partial charge in [0.05, 0.1) is 0 Å². The molecule has 0 saturated heterocycles. The Kier molecular flexibility index (Phi) is 3.97. The molecule has 0 fully saturated rings. The maximum absolute atomic E-state index is 5.91. The quantitative estimate of drug-likeness (QED) is 0.637. The minimum absolute atomic E-state index is 0.171. The van der Waals surface area contributed by atoms with Gasteiger partial charge in [0, 0.05) is 11.0 Å². The largest absolute Gasteiger partial charge is 0.398 e. The summed E-state index contributed by atoms with van der Waals surface area (Å²) in [5, 5.41) is 0.853. The lowest BCUT2D eigenvalue weighted by Crippen LogP contribution is -2.11. The first kappa shape index (κ1) is 12.3. The van der Waals surface area contributed by atoms with Crippen LogP contribution >= 0.6 is 15.9 Å². The lowest BCUT2D eigenvalue weighted by atomic mass is 9.86. The average molecular weight is 268 g/mol. The van der Waals surface area contributed by atoms with Gasteiger partial charge in [-0.1, -0.05) is 54.9 Å². The first-order valence-electron chi connectivity index (χ1n) is 5.07. The molecular weight excluding hydrogens is 250 g/mol. The van der Waals surface area contributed by atoms with Crippen LogP contribution in [0.15, 0.2) is 24.3 Å². The van der Waals surface area contributed by atoms with Crippen LogP contribution in [0.1, 0.15) is 31.9 Å². The number of hydrogen-bond acceptors (Lipinski definition) is 1. The van der Waals surface area contributed by atoms with Gasteiger partial charge in [-0.15, -0.1) is 0 Å². The van der Waals surface area contributed by atoms with Crippen LogP contribution in [0, 0.1) is 0 Å². The summed E-state index contributed by atoms with van der Waals surface area (Å²) in [7, 11) is 0. The predicted octanol–water partition coefficient (Wildman–Crippen LogP) is 3.97. The van der Waals surface area contributed by atoms with E-state index in [0.717, 1.165) is 16.6 Å². The summed E-state index contributed by atoms with van der Waals surface area (Å²) in [6, 6.07) is 6.24. The van der Waals surface area contributed by atoms with Crippen LogP contribution in [0.25, 0.3) is 6.08 Å². The van der Waals surface area contributed by atoms with Crippen molar-refractivity contribution in [1.29, 1.82) is 0 Å². The van der Waals surface area contributed by atoms with Crippen molar-refractivity contribution in [2.75, 3.05) is 11.1 Å². The Bertz CT molecular complexity index is 361. The van der Waals surface area contributed by atoms with Crippen molar-refractivity contribution in [1.82, 2.24) is 0 Å². The number of anilines is 1. The van der Waals surface area contributed by atoms with Crippen molar-refractivity contribution in [2.45, 2.75) is 26.2 Å². The van der Waals surface area contributed by atoms with Gasteiger partial charge in [0.25, 0.3) is 0 Å². The number of allylic oxidation sites excluding steroid dienone is 1. The smallest absolute Gasteiger partial charge is 0.0387 e. The van der Waals surface area contributed by atoms with Crippen molar-refractivity contribution >= 4 is 27.7 Å². The zero-order valence-corrected chi connectivity index (χ0v) is 11.1. The number of rotatable bonds is 2. The Morgan fingerprint density at radius 2 is 2.00 bits per heavy atom. The Morgan fingerprint density at radius 3 is 2.53 bits per heavy atom. The molecule has 2 heteroatoms. The summed E-state index contributed by atoms with van der Waals surface area (Å²) < 4.78 is 0. The molecule has 0 atom stereocenters. The van der Waals surface area contributed by atoms with Gasteiger partial charge in [-0.2, -0.15) is 0 Å². The van der Waals surface area contributed by atoms with Gasteiger partial charge in [0.1, 0.15) is 0 Å². The third kappa shape index (κ3) is 3.38. The number of benzene rings is 1. The summed E-state index contributed by atoms with van der Waals surface area (Å²) >= 11 is 3.36. The maximum Gasteiger partial charge on any atom is 0.0387 e. The van der Waals surface area contributed by atoms with Crippen LogP contribution < -0.4 is 5.73 Å². The zero-order valence-electron chi connectivity index (χ0n) is 9.55. The fourth-order valence-electron chi connectivity index (χ4n) is 1.36. The Morgan fingerprint density at radius 1 is 1.33 bits per heavy atom. The van der Waals surface area contributed by atoms with E-state index in [0.29, 0.717) is 0 Å². The highest BCUT2D eigenvalue weighted by molar-refractivity contribution is 9.09. The lowest BCUT2D eigenvalue weighted by Gasteiger charge is -2.20. The van der Waals surface area contributed by atoms with E-state index in [-0.39, 0.29) is 5.41 Å². The number of nitrogens with two attached hydrogens (primary N) is 1. The van der Waals surface area contributed by atoms with Crippen LogP contribution in [0.4, 0.5) is 5.69 Å². The third-order valence-electron chi connectivity index (χ3n) is 2.34. The van der Waals surface area contributed by atoms with Crippen molar-refractivity contribution < 1.29 is 0 Å². The molecule has 0 unspecified atom stereocenters. The second-order valence-corrected chi connectivity index (χ2v) is 5.30. The number of hydrogen-bond donors (Lipinski definition) is 1. The molecule has 1 aromatic carbocycles. The van der Waals surface area contributed by atoms with E-state index in [4.69, 9.17) is 5.73 Å². The van der Waals surface area contributed by atoms with Crippen molar-refractivity contribution in [2.24, 2.45) is 0 Å². The molecule has 0 heterocycles. The van der Waals surface area contributed by atoms with Gasteiger partial charge < -0.3 is 5.73 Å². The van der Waals surface area contributed by atoms with E-state index < -0.39 is 0 Å². The van der Waals surface area contributed by atoms with E-state index in [2.05, 4.69) is 61.0 Å². The summed E-state index contributed by atoms with van der Waals surface area (Å²) in [4.78, 5) is 0. The van der Waals surface area contributed by atoms with E-state index in [1.54, 1.807) is 0 Å². The van der Waals surface area contributed by atoms with E-state index in [1.807, 2.05) is 6.07 Å². The highest BCUT2D eigenvalue weighted by atomic mass is 79.9. The number of alkyl halides is 1. The average Bonchev–Trinajstić information content (AvgIpc) is 2.15. The number of halogens is 1. The first-order chi connectivity index (χ1) is 6.95. The fourth-order valence-corrected chi connectivity index (χ4v) is 1.54. The third-order valence-corrected chi connectivity index (χ3v) is 2.71. The van der Waals surface area contributed by atoms with E-state index in [9.17, 15) is 0 Å². The van der Waals surface area contributed by atoms with E-state index in [1.165, 1.54) is 5.56 Å². The molecule has 1 rings (SSSR count). The minimum atomic E-state index is 0.171. The molecule has 1 nitrogen and oxygen atoms in total. The van der Waals surface area contributed by atoms with Gasteiger partial charge >= 0.3 is 0 Å². The van der Waals surface area contributed by atoms with Gasteiger partial charge in [-0.25, -0.2) is 0 Å². The summed E-state index contributed by atoms with van der Waals surface area (Å²) in [6.07, 6.45) is 4.11. The van der Waals surface area contributed by atoms with Crippen LogP contribution in [-0.4, -0.2) is 5.33 Å². The number of nitrogen functional groups attached to an aromatic ring is 1. The predicted molar refractivity (Wildman–Crippen MR) is 72.4 cm³/mol. The second kappa shape index (κ2) is 4.84. The molecular formula is C13H18BrN. The van der Waals surface area contributed by atoms with Crippen LogP contribution in [-0.2, 0) is 5.41 Å². The standard InChI is InChI=1S/C13H18BrN/c1-13(2,3)11-6-7-12(15)10(9-11)5-4-8-14/h4-7,9H,8,15H2,1-3H3. The first-order valence-corrected chi connectivity index (χ1v) is 6.20. The topological polar surface area (TPSA) is 26.0 Å². The monoisotopic (exact) mass is 267 g/mol. The molecule has 0 aliphatic rings. The zero-order chi connectivity index (χ0) is 11.5. The van der Waals surface area contributed by atoms with Crippen molar-refractivity contribution in [3.05, 3.63) is 35.4 Å². The van der Waals surface area contributed by atoms with Gasteiger partial charge in [-0.05, 0) is 28.7 Å². The lowest BCUT2D eigenvalue weighted by molar-refractivity contribution is 0.590. The highest BCUT2D eigenvalue weighted by Crippen LogP contribution is 2.26. The Labute approximate surface area is 101 Å². The molecule has 0 saturated carbocycles. The Hall–Kier alpha value is -0.760. The SMILES string of the molecule is CC(C)(C)c1ccc(N)c(C=CCBr)c1. The molecule has 0 aromatic heterocycles. The summed E-state index contributed by atoms with van der Waals surface area (Å²) in [5.74, 6) is 0. The minimum Gasteiger partial charge on any atom is -0.398 e. The van der Waals surface area contributed by atoms with Crippen molar-refractivity contribution in [3.63, 3.8) is 0 Å². The van der Waals surface area contributed by atoms with Crippen LogP contribution in [0.2, 0.25) is 0 Å². The van der Waals surface area contributed by atoms with E-state index >= 15 is 0 Å². The van der Waals surface area contributed by atoms with Gasteiger partial charge in [-0.3, -0.25) is 0 Å². The molecule has 2 N–H and O–H groups in total. The molecule has 0 spiro atoms. The highest BCUT2D eigenvalue weighted by Gasteiger charge is 2.13. The van der Waals surface area contributed by atoms with Crippen molar-refractivity contribution in [3.8, 4) is 0 Å². The van der Waals surface area contributed by atoms with Gasteiger partial charge in [0.15, 0.2) is 0 Å². The maximum atomic E-state index is 5.91. The molecule has 0 radical (unpaired) electrons. The van der Waals surface area contributed by atoms with Crippen LogP contribution in [0.3, 0.4) is 0 Å². The molecule has 1 aromatic rings. The fraction of sp³-hybridized carbons (Fsp3) is 0.385. The van der Waals surface area contributed by atoms with Crippen LogP contribution in [0.5, 0.6) is 0 Å². The van der Waals surface area contributed by atoms with Gasteiger partial charge in [0.2, 0.25) is 0 Å². The molecule has 82 valence electrons. The molecule has 15 heavy (non-hydrogen) atoms. The molecule has 0 bridgehead atoms. The summed E-state index contributed by atoms with van der Waals surface area (Å²) in [5.41, 5.74) is 9.32.